The van der Waals surface area contributed by atoms with E-state index in [9.17, 15) is 4.79 Å². The average Bonchev–Trinajstić information content (AvgIpc) is 2.53. The number of carbonyl (C=O) groups excluding carboxylic acids is 1. The molecular weight excluding hydrogens is 270 g/mol. The largest absolute Gasteiger partial charge is 0.352 e. The number of amides is 1. The summed E-state index contributed by atoms with van der Waals surface area (Å²) in [5.41, 5.74) is 2.05. The van der Waals surface area contributed by atoms with E-state index in [1.165, 1.54) is 56.9 Å². The quantitative estimate of drug-likeness (QED) is 0.425. The third-order valence-electron chi connectivity index (χ3n) is 3.91. The average molecular weight is 301 g/mol. The minimum absolute atomic E-state index is 0.0154. The smallest absolute Gasteiger partial charge is 0.246 e. The highest BCUT2D eigenvalue weighted by molar-refractivity contribution is 5.91. The van der Waals surface area contributed by atoms with Crippen LogP contribution in [0.1, 0.15) is 63.9 Å². The molecule has 1 aromatic rings. The Morgan fingerprint density at radius 1 is 0.909 bits per heavy atom. The van der Waals surface area contributed by atoms with Crippen LogP contribution in [0.25, 0.3) is 0 Å². The summed E-state index contributed by atoms with van der Waals surface area (Å²) < 4.78 is 0. The zero-order valence-corrected chi connectivity index (χ0v) is 14.1. The van der Waals surface area contributed by atoms with Gasteiger partial charge in [0, 0.05) is 12.1 Å². The standard InChI is InChI=1S/C20H31NO/c1-18(2)20(22)21-17-13-8-6-4-3-5-7-10-14-19-15-11-9-12-16-19/h9,11-12,15-16H,1,3-8,10,13-14,17H2,2H3,(H,21,22). The van der Waals surface area contributed by atoms with Crippen LogP contribution in [0.5, 0.6) is 0 Å². The molecule has 1 aromatic carbocycles. The maximum Gasteiger partial charge on any atom is 0.246 e. The summed E-state index contributed by atoms with van der Waals surface area (Å²) in [7, 11) is 0. The van der Waals surface area contributed by atoms with E-state index in [0.29, 0.717) is 5.57 Å². The molecule has 1 rings (SSSR count). The first kappa shape index (κ1) is 18.5. The van der Waals surface area contributed by atoms with E-state index in [1.807, 2.05) is 0 Å². The monoisotopic (exact) mass is 301 g/mol. The fraction of sp³-hybridized carbons (Fsp3) is 0.550. The van der Waals surface area contributed by atoms with E-state index in [1.54, 1.807) is 6.92 Å². The summed E-state index contributed by atoms with van der Waals surface area (Å²) in [4.78, 5) is 11.3. The summed E-state index contributed by atoms with van der Waals surface area (Å²) in [5, 5.41) is 2.88. The van der Waals surface area contributed by atoms with Crippen LogP contribution in [0.2, 0.25) is 0 Å². The molecule has 2 heteroatoms. The number of carbonyl (C=O) groups is 1. The highest BCUT2D eigenvalue weighted by atomic mass is 16.1. The van der Waals surface area contributed by atoms with Crippen LogP contribution in [0.4, 0.5) is 0 Å². The molecular formula is C20H31NO. The van der Waals surface area contributed by atoms with Gasteiger partial charge in [-0.25, -0.2) is 0 Å². The van der Waals surface area contributed by atoms with E-state index in [2.05, 4.69) is 42.2 Å². The van der Waals surface area contributed by atoms with Gasteiger partial charge in [0.1, 0.15) is 0 Å². The van der Waals surface area contributed by atoms with Crippen molar-refractivity contribution in [3.63, 3.8) is 0 Å². The molecule has 0 aromatic heterocycles. The number of aryl methyl sites for hydroxylation is 1. The highest BCUT2D eigenvalue weighted by Gasteiger charge is 1.99. The predicted molar refractivity (Wildman–Crippen MR) is 94.9 cm³/mol. The SMILES string of the molecule is C=C(C)C(=O)NCCCCCCCCCCc1ccccc1. The van der Waals surface area contributed by atoms with Crippen molar-refractivity contribution < 1.29 is 4.79 Å². The van der Waals surface area contributed by atoms with Crippen molar-refractivity contribution >= 4 is 5.91 Å². The molecule has 2 nitrogen and oxygen atoms in total. The van der Waals surface area contributed by atoms with Gasteiger partial charge in [0.25, 0.3) is 0 Å². The summed E-state index contributed by atoms with van der Waals surface area (Å²) in [6.07, 6.45) is 11.4. The molecule has 0 bridgehead atoms. The second-order valence-corrected chi connectivity index (χ2v) is 6.10. The van der Waals surface area contributed by atoms with Gasteiger partial charge in [-0.15, -0.1) is 0 Å². The molecule has 122 valence electrons. The molecule has 0 saturated carbocycles. The number of hydrogen-bond acceptors (Lipinski definition) is 1. The lowest BCUT2D eigenvalue weighted by Crippen LogP contribution is -2.24. The van der Waals surface area contributed by atoms with Crippen LogP contribution in [0.15, 0.2) is 42.5 Å². The zero-order valence-electron chi connectivity index (χ0n) is 14.1. The van der Waals surface area contributed by atoms with Gasteiger partial charge in [0.2, 0.25) is 5.91 Å². The zero-order chi connectivity index (χ0) is 16.0. The van der Waals surface area contributed by atoms with Gasteiger partial charge < -0.3 is 5.32 Å². The van der Waals surface area contributed by atoms with Crippen molar-refractivity contribution in [3.8, 4) is 0 Å². The van der Waals surface area contributed by atoms with Crippen LogP contribution in [-0.4, -0.2) is 12.5 Å². The lowest BCUT2D eigenvalue weighted by molar-refractivity contribution is -0.117. The van der Waals surface area contributed by atoms with Gasteiger partial charge in [-0.3, -0.25) is 4.79 Å². The van der Waals surface area contributed by atoms with Gasteiger partial charge in [-0.2, -0.15) is 0 Å². The number of benzene rings is 1. The molecule has 0 radical (unpaired) electrons. The minimum Gasteiger partial charge on any atom is -0.352 e. The Bertz CT molecular complexity index is 425. The molecule has 0 atom stereocenters. The number of hydrogen-bond donors (Lipinski definition) is 1. The number of unbranched alkanes of at least 4 members (excludes halogenated alkanes) is 7. The molecule has 22 heavy (non-hydrogen) atoms. The second kappa shape index (κ2) is 12.0. The Labute approximate surface area is 136 Å². The van der Waals surface area contributed by atoms with Gasteiger partial charge >= 0.3 is 0 Å². The lowest BCUT2D eigenvalue weighted by Gasteiger charge is -2.05. The molecule has 1 amide bonds. The molecule has 0 aliphatic rings. The van der Waals surface area contributed by atoms with Gasteiger partial charge in [0.15, 0.2) is 0 Å². The van der Waals surface area contributed by atoms with Gasteiger partial charge in [-0.05, 0) is 31.7 Å². The Morgan fingerprint density at radius 2 is 1.45 bits per heavy atom. The van der Waals surface area contributed by atoms with E-state index in [4.69, 9.17) is 0 Å². The van der Waals surface area contributed by atoms with Crippen LogP contribution in [0, 0.1) is 0 Å². The first-order valence-electron chi connectivity index (χ1n) is 8.68. The van der Waals surface area contributed by atoms with E-state index in [0.717, 1.165) is 13.0 Å². The first-order valence-corrected chi connectivity index (χ1v) is 8.68. The van der Waals surface area contributed by atoms with E-state index >= 15 is 0 Å². The van der Waals surface area contributed by atoms with Crippen LogP contribution in [0.3, 0.4) is 0 Å². The molecule has 1 N–H and O–H groups in total. The van der Waals surface area contributed by atoms with Crippen molar-refractivity contribution in [1.29, 1.82) is 0 Å². The molecule has 0 aliphatic carbocycles. The summed E-state index contributed by atoms with van der Waals surface area (Å²) in [6, 6.07) is 10.7. The summed E-state index contributed by atoms with van der Waals surface area (Å²) >= 11 is 0. The molecule has 0 aliphatic heterocycles. The minimum atomic E-state index is -0.0154. The summed E-state index contributed by atoms with van der Waals surface area (Å²) in [6.45, 7) is 6.15. The van der Waals surface area contributed by atoms with Crippen LogP contribution in [-0.2, 0) is 11.2 Å². The molecule has 0 spiro atoms. The highest BCUT2D eigenvalue weighted by Crippen LogP contribution is 2.11. The Kier molecular flexibility index (Phi) is 10.1. The molecule has 0 fully saturated rings. The van der Waals surface area contributed by atoms with Crippen molar-refractivity contribution in [2.45, 2.75) is 64.7 Å². The maximum absolute atomic E-state index is 11.3. The molecule has 0 saturated heterocycles. The third-order valence-corrected chi connectivity index (χ3v) is 3.91. The van der Waals surface area contributed by atoms with Crippen molar-refractivity contribution in [3.05, 3.63) is 48.0 Å². The topological polar surface area (TPSA) is 29.1 Å². The fourth-order valence-corrected chi connectivity index (χ4v) is 2.51. The molecule has 0 unspecified atom stereocenters. The van der Waals surface area contributed by atoms with Gasteiger partial charge in [-0.1, -0.05) is 75.4 Å². The Hall–Kier alpha value is -1.57. The van der Waals surface area contributed by atoms with Crippen molar-refractivity contribution in [2.75, 3.05) is 6.54 Å². The first-order chi connectivity index (χ1) is 10.7. The number of rotatable bonds is 12. The predicted octanol–water partition coefficient (Wildman–Crippen LogP) is 5.04. The molecule has 0 heterocycles. The van der Waals surface area contributed by atoms with Crippen LogP contribution >= 0.6 is 0 Å². The Morgan fingerprint density at radius 3 is 2.05 bits per heavy atom. The third kappa shape index (κ3) is 9.38. The number of nitrogens with one attached hydrogen (secondary N) is 1. The fourth-order valence-electron chi connectivity index (χ4n) is 2.51. The van der Waals surface area contributed by atoms with E-state index < -0.39 is 0 Å². The summed E-state index contributed by atoms with van der Waals surface area (Å²) in [5.74, 6) is -0.0154. The van der Waals surface area contributed by atoms with Crippen molar-refractivity contribution in [1.82, 2.24) is 5.32 Å². The second-order valence-electron chi connectivity index (χ2n) is 6.10. The maximum atomic E-state index is 11.3. The van der Waals surface area contributed by atoms with Gasteiger partial charge in [0.05, 0.1) is 0 Å². The van der Waals surface area contributed by atoms with E-state index in [-0.39, 0.29) is 5.91 Å². The van der Waals surface area contributed by atoms with Crippen molar-refractivity contribution in [2.24, 2.45) is 0 Å². The Balaban J connectivity index is 1.82. The normalized spacial score (nSPS) is 10.4. The lowest BCUT2D eigenvalue weighted by atomic mass is 10.0. The van der Waals surface area contributed by atoms with Crippen LogP contribution < -0.4 is 5.32 Å².